The maximum Gasteiger partial charge on any atom is 0.196 e. The molecule has 0 bridgehead atoms. The van der Waals surface area contributed by atoms with Crippen molar-refractivity contribution in [2.75, 3.05) is 0 Å². The van der Waals surface area contributed by atoms with Gasteiger partial charge >= 0.3 is 0 Å². The Labute approximate surface area is 81.6 Å². The summed E-state index contributed by atoms with van der Waals surface area (Å²) in [5, 5.41) is 0. The van der Waals surface area contributed by atoms with Gasteiger partial charge in [-0.1, -0.05) is 20.8 Å². The predicted molar refractivity (Wildman–Crippen MR) is 52.9 cm³/mol. The molecule has 0 radical (unpaired) electrons. The van der Waals surface area contributed by atoms with Crippen molar-refractivity contribution < 1.29 is 0 Å². The Kier molecular flexibility index (Phi) is 2.83. The lowest BCUT2D eigenvalue weighted by molar-refractivity contribution is 0.410. The molecule has 3 heteroatoms. The molecular formula is C9H13BrN2. The molecule has 1 aromatic rings. The van der Waals surface area contributed by atoms with Gasteiger partial charge in [0.1, 0.15) is 0 Å². The second-order valence-electron chi connectivity index (χ2n) is 4.10. The van der Waals surface area contributed by atoms with Crippen molar-refractivity contribution in [3.05, 3.63) is 22.7 Å². The molecule has 0 aliphatic rings. The first-order valence-corrected chi connectivity index (χ1v) is 4.73. The van der Waals surface area contributed by atoms with Crippen LogP contribution in [0.3, 0.4) is 0 Å². The predicted octanol–water partition coefficient (Wildman–Crippen LogP) is 2.83. The Morgan fingerprint density at radius 2 is 1.75 bits per heavy atom. The summed E-state index contributed by atoms with van der Waals surface area (Å²) >= 11 is 3.20. The molecular weight excluding hydrogens is 216 g/mol. The molecule has 0 saturated carbocycles. The van der Waals surface area contributed by atoms with Gasteiger partial charge in [-0.2, -0.15) is 0 Å². The largest absolute Gasteiger partial charge is 0.230 e. The molecule has 0 saturated heterocycles. The highest BCUT2D eigenvalue weighted by molar-refractivity contribution is 9.10. The van der Waals surface area contributed by atoms with Crippen LogP contribution < -0.4 is 0 Å². The third kappa shape index (κ3) is 3.30. The summed E-state index contributed by atoms with van der Waals surface area (Å²) < 4.78 is 0.653. The molecule has 0 aromatic carbocycles. The number of hydrogen-bond donors (Lipinski definition) is 0. The van der Waals surface area contributed by atoms with Crippen LogP contribution in [0.2, 0.25) is 0 Å². The molecule has 0 spiro atoms. The summed E-state index contributed by atoms with van der Waals surface area (Å²) in [6.07, 6.45) is 4.74. The molecule has 0 fully saturated rings. The summed E-state index contributed by atoms with van der Waals surface area (Å²) in [5.41, 5.74) is 1.49. The number of nitrogens with zero attached hydrogens (tertiary/aromatic N) is 2. The second-order valence-corrected chi connectivity index (χ2v) is 4.81. The average molecular weight is 229 g/mol. The molecule has 0 N–H and O–H groups in total. The molecule has 0 amide bonds. The Morgan fingerprint density at radius 3 is 2.17 bits per heavy atom. The van der Waals surface area contributed by atoms with Crippen LogP contribution in [0, 0.1) is 5.41 Å². The lowest BCUT2D eigenvalue weighted by Gasteiger charge is -2.17. The zero-order valence-electron chi connectivity index (χ0n) is 7.63. The van der Waals surface area contributed by atoms with Crippen LogP contribution in [0.4, 0.5) is 0 Å². The summed E-state index contributed by atoms with van der Waals surface area (Å²) in [5.74, 6) is 0. The second kappa shape index (κ2) is 3.52. The molecule has 12 heavy (non-hydrogen) atoms. The number of rotatable bonds is 1. The first kappa shape index (κ1) is 9.65. The van der Waals surface area contributed by atoms with Gasteiger partial charge in [0, 0.05) is 12.4 Å². The molecule has 2 nitrogen and oxygen atoms in total. The SMILES string of the molecule is CC(C)(C)Cc1cnc(Br)nc1. The highest BCUT2D eigenvalue weighted by Crippen LogP contribution is 2.19. The van der Waals surface area contributed by atoms with Crippen LogP contribution in [0.5, 0.6) is 0 Å². The summed E-state index contributed by atoms with van der Waals surface area (Å²) in [7, 11) is 0. The van der Waals surface area contributed by atoms with E-state index in [1.807, 2.05) is 12.4 Å². The zero-order chi connectivity index (χ0) is 9.19. The quantitative estimate of drug-likeness (QED) is 0.692. The van der Waals surface area contributed by atoms with Crippen molar-refractivity contribution in [1.29, 1.82) is 0 Å². The minimum Gasteiger partial charge on any atom is -0.230 e. The minimum absolute atomic E-state index is 0.303. The van der Waals surface area contributed by atoms with Gasteiger partial charge in [-0.05, 0) is 33.3 Å². The third-order valence-corrected chi connectivity index (χ3v) is 1.82. The van der Waals surface area contributed by atoms with Crippen molar-refractivity contribution in [2.45, 2.75) is 27.2 Å². The highest BCUT2D eigenvalue weighted by atomic mass is 79.9. The van der Waals surface area contributed by atoms with E-state index < -0.39 is 0 Å². The molecule has 1 aromatic heterocycles. The average Bonchev–Trinajstić information content (AvgIpc) is 1.91. The van der Waals surface area contributed by atoms with Crippen LogP contribution in [-0.2, 0) is 6.42 Å². The molecule has 1 rings (SSSR count). The van der Waals surface area contributed by atoms with Gasteiger partial charge in [0.05, 0.1) is 0 Å². The Morgan fingerprint density at radius 1 is 1.25 bits per heavy atom. The van der Waals surface area contributed by atoms with Crippen LogP contribution in [0.25, 0.3) is 0 Å². The van der Waals surface area contributed by atoms with Crippen molar-refractivity contribution >= 4 is 15.9 Å². The van der Waals surface area contributed by atoms with Gasteiger partial charge in [-0.3, -0.25) is 0 Å². The summed E-state index contributed by atoms with van der Waals surface area (Å²) in [6, 6.07) is 0. The smallest absolute Gasteiger partial charge is 0.196 e. The van der Waals surface area contributed by atoms with Crippen LogP contribution >= 0.6 is 15.9 Å². The van der Waals surface area contributed by atoms with Crippen LogP contribution in [0.15, 0.2) is 17.1 Å². The Bertz CT molecular complexity index is 248. The zero-order valence-corrected chi connectivity index (χ0v) is 9.22. The molecule has 0 unspecified atom stereocenters. The summed E-state index contributed by atoms with van der Waals surface area (Å²) in [6.45, 7) is 6.61. The number of aromatic nitrogens is 2. The highest BCUT2D eigenvalue weighted by Gasteiger charge is 2.11. The minimum atomic E-state index is 0.303. The van der Waals surface area contributed by atoms with Gasteiger partial charge in [0.15, 0.2) is 4.73 Å². The van der Waals surface area contributed by atoms with Crippen molar-refractivity contribution in [3.8, 4) is 0 Å². The van der Waals surface area contributed by atoms with Gasteiger partial charge in [-0.25, -0.2) is 9.97 Å². The van der Waals surface area contributed by atoms with Crippen LogP contribution in [0.1, 0.15) is 26.3 Å². The van der Waals surface area contributed by atoms with E-state index in [-0.39, 0.29) is 0 Å². The van der Waals surface area contributed by atoms with E-state index in [2.05, 4.69) is 46.7 Å². The molecule has 1 heterocycles. The fraction of sp³-hybridized carbons (Fsp3) is 0.556. The van der Waals surface area contributed by atoms with Gasteiger partial charge in [0.25, 0.3) is 0 Å². The van der Waals surface area contributed by atoms with E-state index in [0.717, 1.165) is 6.42 Å². The molecule has 0 atom stereocenters. The van der Waals surface area contributed by atoms with Crippen molar-refractivity contribution in [1.82, 2.24) is 9.97 Å². The third-order valence-electron chi connectivity index (χ3n) is 1.41. The Balaban J connectivity index is 2.71. The van der Waals surface area contributed by atoms with Crippen LogP contribution in [-0.4, -0.2) is 9.97 Å². The standard InChI is InChI=1S/C9H13BrN2/c1-9(2,3)4-7-5-11-8(10)12-6-7/h5-6H,4H2,1-3H3. The number of halogens is 1. The van der Waals surface area contributed by atoms with Crippen molar-refractivity contribution in [2.24, 2.45) is 5.41 Å². The summed E-state index contributed by atoms with van der Waals surface area (Å²) in [4.78, 5) is 8.14. The fourth-order valence-corrected chi connectivity index (χ4v) is 1.25. The molecule has 0 aliphatic heterocycles. The first-order chi connectivity index (χ1) is 5.47. The molecule has 66 valence electrons. The Hall–Kier alpha value is -0.440. The lowest BCUT2D eigenvalue weighted by atomic mass is 9.89. The molecule has 0 aliphatic carbocycles. The van der Waals surface area contributed by atoms with E-state index in [1.54, 1.807) is 0 Å². The van der Waals surface area contributed by atoms with E-state index in [9.17, 15) is 0 Å². The lowest BCUT2D eigenvalue weighted by Crippen LogP contribution is -2.09. The number of hydrogen-bond acceptors (Lipinski definition) is 2. The first-order valence-electron chi connectivity index (χ1n) is 3.94. The van der Waals surface area contributed by atoms with E-state index in [4.69, 9.17) is 0 Å². The fourth-order valence-electron chi connectivity index (χ4n) is 1.04. The van der Waals surface area contributed by atoms with Gasteiger partial charge in [-0.15, -0.1) is 0 Å². The normalized spacial score (nSPS) is 11.7. The maximum atomic E-state index is 4.07. The maximum absolute atomic E-state index is 4.07. The van der Waals surface area contributed by atoms with E-state index in [0.29, 0.717) is 10.1 Å². The topological polar surface area (TPSA) is 25.8 Å². The monoisotopic (exact) mass is 228 g/mol. The van der Waals surface area contributed by atoms with Gasteiger partial charge < -0.3 is 0 Å². The van der Waals surface area contributed by atoms with E-state index >= 15 is 0 Å². The van der Waals surface area contributed by atoms with Crippen molar-refractivity contribution in [3.63, 3.8) is 0 Å². The van der Waals surface area contributed by atoms with Gasteiger partial charge in [0.2, 0.25) is 0 Å². The van der Waals surface area contributed by atoms with E-state index in [1.165, 1.54) is 5.56 Å².